The molecule has 8 heteroatoms. The smallest absolute Gasteiger partial charge is 0.187 e. The third kappa shape index (κ3) is 3.92. The number of fused-ring (bicyclic) bond motifs is 1. The average molecular weight is 409 g/mol. The van der Waals surface area contributed by atoms with Gasteiger partial charge < -0.3 is 20.1 Å². The molecule has 1 heterocycles. The molecule has 0 unspecified atom stereocenters. The third-order valence-electron chi connectivity index (χ3n) is 5.85. The molecule has 0 bridgehead atoms. The fraction of sp³-hybridized carbons (Fsp3) is 0.429. The Morgan fingerprint density at radius 2 is 1.83 bits per heavy atom. The number of nitrogens with zero attached hydrogens (tertiary/aromatic N) is 1. The minimum Gasteiger partial charge on any atom is -0.503 e. The monoisotopic (exact) mass is 409 g/mol. The molecule has 5 nitrogen and oxygen atoms in total. The first-order valence-electron chi connectivity index (χ1n) is 9.47. The van der Waals surface area contributed by atoms with Crippen LogP contribution in [0.1, 0.15) is 24.5 Å². The number of β-amino-alcohol motifs (C(OH)–C–C–N with tert-alkyl or cyclic N) is 2. The minimum absolute atomic E-state index is 0.0163. The Morgan fingerprint density at radius 3 is 2.48 bits per heavy atom. The number of benzene rings is 2. The summed E-state index contributed by atoms with van der Waals surface area (Å²) in [5.74, 6) is -3.75. The van der Waals surface area contributed by atoms with Crippen LogP contribution in [0.25, 0.3) is 0 Å². The molecule has 1 saturated carbocycles. The summed E-state index contributed by atoms with van der Waals surface area (Å²) < 4.78 is 46.5. The zero-order chi connectivity index (χ0) is 20.8. The number of aliphatic hydroxyl groups is 2. The van der Waals surface area contributed by atoms with Crippen LogP contribution in [0.15, 0.2) is 36.4 Å². The van der Waals surface area contributed by atoms with E-state index in [-0.39, 0.29) is 36.4 Å². The molecular weight excluding hydrogens is 387 g/mol. The highest BCUT2D eigenvalue weighted by Gasteiger charge is 2.52. The van der Waals surface area contributed by atoms with Crippen molar-refractivity contribution in [2.45, 2.75) is 30.7 Å². The van der Waals surface area contributed by atoms with Gasteiger partial charge in [-0.15, -0.1) is 0 Å². The lowest BCUT2D eigenvalue weighted by atomic mass is 9.95. The van der Waals surface area contributed by atoms with Crippen molar-refractivity contribution in [2.75, 3.05) is 19.6 Å². The molecule has 2 aliphatic rings. The van der Waals surface area contributed by atoms with Gasteiger partial charge in [0.1, 0.15) is 6.10 Å². The van der Waals surface area contributed by atoms with Crippen LogP contribution in [-0.2, 0) is 0 Å². The van der Waals surface area contributed by atoms with Crippen LogP contribution >= 0.6 is 0 Å². The number of phenolic OH excluding ortho intramolecular Hbond substituents is 1. The average Bonchev–Trinajstić information content (AvgIpc) is 3.11. The third-order valence-corrected chi connectivity index (χ3v) is 5.85. The summed E-state index contributed by atoms with van der Waals surface area (Å²) >= 11 is 0. The lowest BCUT2D eigenvalue weighted by molar-refractivity contribution is 0.0175. The van der Waals surface area contributed by atoms with Gasteiger partial charge in [0.2, 0.25) is 0 Å². The summed E-state index contributed by atoms with van der Waals surface area (Å²) in [6, 6.07) is 7.92. The largest absolute Gasteiger partial charge is 0.503 e. The van der Waals surface area contributed by atoms with Crippen molar-refractivity contribution in [3.63, 3.8) is 0 Å². The molecule has 0 amide bonds. The van der Waals surface area contributed by atoms with E-state index in [1.54, 1.807) is 18.2 Å². The van der Waals surface area contributed by atoms with E-state index >= 15 is 0 Å². The summed E-state index contributed by atoms with van der Waals surface area (Å²) in [4.78, 5) is 1.83. The second-order valence-electron chi connectivity index (χ2n) is 7.95. The second-order valence-corrected chi connectivity index (χ2v) is 7.95. The lowest BCUT2D eigenvalue weighted by Gasteiger charge is -2.25. The maximum absolute atomic E-state index is 13.8. The van der Waals surface area contributed by atoms with Gasteiger partial charge in [-0.25, -0.2) is 13.2 Å². The van der Waals surface area contributed by atoms with Gasteiger partial charge in [0.25, 0.3) is 0 Å². The van der Waals surface area contributed by atoms with Gasteiger partial charge in [0.05, 0.1) is 11.7 Å². The van der Waals surface area contributed by atoms with Gasteiger partial charge in [-0.2, -0.15) is 0 Å². The highest BCUT2D eigenvalue weighted by molar-refractivity contribution is 5.31. The molecule has 1 aliphatic carbocycles. The summed E-state index contributed by atoms with van der Waals surface area (Å²) in [6.45, 7) is 0.837. The topological polar surface area (TPSA) is 73.2 Å². The standard InChI is InChI=1S/C21H22F3NO4/c22-15-3-1-2-4-19(15)29-14-7-13-9-25(11-21(13,28)8-14)10-18(26)12-5-16(23)20(27)17(24)6-12/h1-6,13-14,18,26-28H,7-11H2/t13-,14+,18-,21-/m0/s1. The van der Waals surface area contributed by atoms with E-state index in [1.807, 2.05) is 4.90 Å². The number of aromatic hydroxyl groups is 1. The molecule has 156 valence electrons. The molecule has 0 radical (unpaired) electrons. The first-order valence-corrected chi connectivity index (χ1v) is 9.47. The predicted molar refractivity (Wildman–Crippen MR) is 97.9 cm³/mol. The van der Waals surface area contributed by atoms with Crippen molar-refractivity contribution in [3.05, 3.63) is 59.4 Å². The first-order chi connectivity index (χ1) is 13.7. The molecule has 1 aliphatic heterocycles. The fourth-order valence-electron chi connectivity index (χ4n) is 4.46. The maximum atomic E-state index is 13.8. The number of hydrogen-bond acceptors (Lipinski definition) is 5. The molecule has 29 heavy (non-hydrogen) atoms. The van der Waals surface area contributed by atoms with Crippen LogP contribution in [0, 0.1) is 23.4 Å². The molecule has 2 fully saturated rings. The van der Waals surface area contributed by atoms with E-state index in [0.717, 1.165) is 12.1 Å². The summed E-state index contributed by atoms with van der Waals surface area (Å²) in [5.41, 5.74) is -1.01. The zero-order valence-electron chi connectivity index (χ0n) is 15.6. The molecule has 2 aromatic rings. The van der Waals surface area contributed by atoms with E-state index in [9.17, 15) is 28.5 Å². The van der Waals surface area contributed by atoms with Crippen LogP contribution in [-0.4, -0.2) is 51.6 Å². The Labute approximate surface area is 166 Å². The van der Waals surface area contributed by atoms with Crippen molar-refractivity contribution in [2.24, 2.45) is 5.92 Å². The van der Waals surface area contributed by atoms with Crippen LogP contribution in [0.5, 0.6) is 11.5 Å². The number of hydrogen-bond donors (Lipinski definition) is 3. The van der Waals surface area contributed by atoms with Crippen molar-refractivity contribution < 1.29 is 33.2 Å². The van der Waals surface area contributed by atoms with Crippen molar-refractivity contribution in [1.82, 2.24) is 4.90 Å². The van der Waals surface area contributed by atoms with Crippen molar-refractivity contribution in [1.29, 1.82) is 0 Å². The SMILES string of the molecule is Oc1c(F)cc([C@@H](O)CN2C[C@@H]3C[C@@H](Oc4ccccc4F)C[C@]3(O)C2)cc1F. The highest BCUT2D eigenvalue weighted by atomic mass is 19.1. The number of phenols is 1. The number of para-hydroxylation sites is 1. The van der Waals surface area contributed by atoms with E-state index in [2.05, 4.69) is 0 Å². The molecule has 4 atom stereocenters. The van der Waals surface area contributed by atoms with Gasteiger partial charge in [-0.1, -0.05) is 12.1 Å². The molecule has 1 saturated heterocycles. The normalized spacial score (nSPS) is 27.8. The van der Waals surface area contributed by atoms with Crippen molar-refractivity contribution in [3.8, 4) is 11.5 Å². The van der Waals surface area contributed by atoms with Crippen LogP contribution in [0.3, 0.4) is 0 Å². The Hall–Kier alpha value is -2.29. The number of likely N-dealkylation sites (tertiary alicyclic amines) is 1. The molecular formula is C21H22F3NO4. The predicted octanol–water partition coefficient (Wildman–Crippen LogP) is 2.75. The number of ether oxygens (including phenoxy) is 1. The Morgan fingerprint density at radius 1 is 1.14 bits per heavy atom. The Bertz CT molecular complexity index is 888. The summed E-state index contributed by atoms with van der Waals surface area (Å²) in [7, 11) is 0. The van der Waals surface area contributed by atoms with E-state index in [1.165, 1.54) is 6.07 Å². The second kappa shape index (κ2) is 7.51. The van der Waals surface area contributed by atoms with Gasteiger partial charge >= 0.3 is 0 Å². The first kappa shape index (κ1) is 20.0. The van der Waals surface area contributed by atoms with Gasteiger partial charge in [-0.05, 0) is 36.2 Å². The van der Waals surface area contributed by atoms with E-state index in [4.69, 9.17) is 4.74 Å². The van der Waals surface area contributed by atoms with Crippen molar-refractivity contribution >= 4 is 0 Å². The molecule has 0 spiro atoms. The maximum Gasteiger partial charge on any atom is 0.187 e. The summed E-state index contributed by atoms with van der Waals surface area (Å²) in [5, 5.41) is 30.5. The van der Waals surface area contributed by atoms with Crippen LogP contribution in [0.4, 0.5) is 13.2 Å². The van der Waals surface area contributed by atoms with Crippen LogP contribution < -0.4 is 4.74 Å². The summed E-state index contributed by atoms with van der Waals surface area (Å²) in [6.07, 6.45) is -0.609. The van der Waals surface area contributed by atoms with E-state index < -0.39 is 34.9 Å². The zero-order valence-corrected chi connectivity index (χ0v) is 15.6. The number of rotatable bonds is 5. The van der Waals surface area contributed by atoms with E-state index in [0.29, 0.717) is 19.4 Å². The Kier molecular flexibility index (Phi) is 5.18. The number of aliphatic hydroxyl groups excluding tert-OH is 1. The van der Waals surface area contributed by atoms with Gasteiger partial charge in [0.15, 0.2) is 29.0 Å². The van der Waals surface area contributed by atoms with Gasteiger partial charge in [-0.3, -0.25) is 4.90 Å². The minimum atomic E-state index is -1.17. The lowest BCUT2D eigenvalue weighted by Crippen LogP contribution is -2.36. The molecule has 3 N–H and O–H groups in total. The number of halogens is 3. The molecule has 4 rings (SSSR count). The molecule has 0 aromatic heterocycles. The highest BCUT2D eigenvalue weighted by Crippen LogP contribution is 2.43. The fourth-order valence-corrected chi connectivity index (χ4v) is 4.46. The molecule has 2 aromatic carbocycles. The Balaban J connectivity index is 1.37. The van der Waals surface area contributed by atoms with Crippen LogP contribution in [0.2, 0.25) is 0 Å². The van der Waals surface area contributed by atoms with Gasteiger partial charge in [0, 0.05) is 32.0 Å². The quantitative estimate of drug-likeness (QED) is 0.708.